The molecule has 0 bridgehead atoms. The van der Waals surface area contributed by atoms with Gasteiger partial charge >= 0.3 is 0 Å². The molecule has 29 heavy (non-hydrogen) atoms. The lowest BCUT2D eigenvalue weighted by Crippen LogP contribution is -2.42. The lowest BCUT2D eigenvalue weighted by molar-refractivity contribution is -0.133. The number of fused-ring (bicyclic) bond motifs is 1. The number of aromatic nitrogens is 1. The molecule has 2 unspecified atom stereocenters. The van der Waals surface area contributed by atoms with Gasteiger partial charge in [0, 0.05) is 17.7 Å². The van der Waals surface area contributed by atoms with Crippen molar-refractivity contribution in [2.24, 2.45) is 11.0 Å². The number of sulfone groups is 1. The molecule has 0 saturated carbocycles. The highest BCUT2D eigenvalue weighted by atomic mass is 32.2. The number of anilines is 1. The predicted octanol–water partition coefficient (Wildman–Crippen LogP) is 2.15. The maximum absolute atomic E-state index is 12.7. The first-order valence-corrected chi connectivity index (χ1v) is 12.9. The fourth-order valence-electron chi connectivity index (χ4n) is 4.31. The van der Waals surface area contributed by atoms with Gasteiger partial charge in [-0.1, -0.05) is 19.8 Å². The zero-order valence-corrected chi connectivity index (χ0v) is 18.1. The number of carbonyl (C=O) groups excluding carboxylic acids is 2. The van der Waals surface area contributed by atoms with Crippen molar-refractivity contribution in [3.05, 3.63) is 10.6 Å². The summed E-state index contributed by atoms with van der Waals surface area (Å²) in [7, 11) is -3.14. The summed E-state index contributed by atoms with van der Waals surface area (Å²) in [6, 6.07) is -0.474. The maximum Gasteiger partial charge on any atom is 0.273 e. The lowest BCUT2D eigenvalue weighted by atomic mass is 9.88. The van der Waals surface area contributed by atoms with Crippen LogP contribution in [0.1, 0.15) is 56.0 Å². The molecule has 0 radical (unpaired) electrons. The van der Waals surface area contributed by atoms with Crippen LogP contribution in [0.3, 0.4) is 0 Å². The van der Waals surface area contributed by atoms with Gasteiger partial charge in [-0.05, 0) is 31.6 Å². The number of hydrazone groups is 1. The van der Waals surface area contributed by atoms with E-state index in [0.717, 1.165) is 25.0 Å². The quantitative estimate of drug-likeness (QED) is 0.758. The number of hydrogen-bond donors (Lipinski definition) is 1. The Morgan fingerprint density at radius 1 is 1.28 bits per heavy atom. The third-order valence-electron chi connectivity index (χ3n) is 5.84. The number of rotatable bonds is 5. The van der Waals surface area contributed by atoms with E-state index in [1.54, 1.807) is 0 Å². The van der Waals surface area contributed by atoms with Crippen molar-refractivity contribution in [1.82, 2.24) is 9.99 Å². The van der Waals surface area contributed by atoms with Crippen LogP contribution in [-0.2, 0) is 32.3 Å². The van der Waals surface area contributed by atoms with Crippen LogP contribution in [0.4, 0.5) is 5.13 Å². The van der Waals surface area contributed by atoms with Crippen molar-refractivity contribution < 1.29 is 18.0 Å². The molecule has 1 aliphatic carbocycles. The van der Waals surface area contributed by atoms with Crippen molar-refractivity contribution in [3.63, 3.8) is 0 Å². The highest BCUT2D eigenvalue weighted by Crippen LogP contribution is 2.34. The molecule has 0 spiro atoms. The summed E-state index contributed by atoms with van der Waals surface area (Å²) >= 11 is 1.53. The van der Waals surface area contributed by atoms with Gasteiger partial charge in [-0.3, -0.25) is 14.9 Å². The van der Waals surface area contributed by atoms with Crippen molar-refractivity contribution in [3.8, 4) is 0 Å². The summed E-state index contributed by atoms with van der Waals surface area (Å²) in [6.07, 6.45) is 6.30. The van der Waals surface area contributed by atoms with E-state index in [1.165, 1.54) is 34.1 Å². The van der Waals surface area contributed by atoms with E-state index in [1.807, 2.05) is 0 Å². The highest BCUT2D eigenvalue weighted by molar-refractivity contribution is 7.91. The average molecular weight is 439 g/mol. The zero-order chi connectivity index (χ0) is 20.6. The molecule has 2 amide bonds. The fourth-order valence-corrected chi connectivity index (χ4v) is 7.12. The van der Waals surface area contributed by atoms with Crippen LogP contribution in [0.15, 0.2) is 5.10 Å². The molecule has 4 rings (SSSR count). The number of thiazole rings is 1. The smallest absolute Gasteiger partial charge is 0.273 e. The second kappa shape index (κ2) is 8.14. The average Bonchev–Trinajstić information content (AvgIpc) is 3.24. The number of amides is 2. The van der Waals surface area contributed by atoms with Crippen LogP contribution >= 0.6 is 11.3 Å². The number of aryl methyl sites for hydroxylation is 1. The van der Waals surface area contributed by atoms with Gasteiger partial charge in [0.15, 0.2) is 15.0 Å². The lowest BCUT2D eigenvalue weighted by Gasteiger charge is -2.27. The van der Waals surface area contributed by atoms with Crippen molar-refractivity contribution >= 4 is 43.8 Å². The monoisotopic (exact) mass is 438 g/mol. The molecule has 158 valence electrons. The summed E-state index contributed by atoms with van der Waals surface area (Å²) in [4.78, 5) is 30.8. The Morgan fingerprint density at radius 2 is 2.10 bits per heavy atom. The SMILES string of the molecule is CCCC1CCc2nc(NC(=O)C3=NN(C4CCS(=O)(=O)C4)C(=O)CC3)sc2C1. The molecule has 3 aliphatic rings. The van der Waals surface area contributed by atoms with E-state index in [9.17, 15) is 18.0 Å². The summed E-state index contributed by atoms with van der Waals surface area (Å²) in [5.41, 5.74) is 1.34. The highest BCUT2D eigenvalue weighted by Gasteiger charge is 2.37. The Hall–Kier alpha value is -1.81. The minimum absolute atomic E-state index is 0.0577. The topological polar surface area (TPSA) is 109 Å². The first-order chi connectivity index (χ1) is 13.8. The van der Waals surface area contributed by atoms with Gasteiger partial charge in [0.1, 0.15) is 5.71 Å². The van der Waals surface area contributed by atoms with Gasteiger partial charge in [0.2, 0.25) is 5.91 Å². The third-order valence-corrected chi connectivity index (χ3v) is 8.62. The number of hydrogen-bond acceptors (Lipinski definition) is 7. The number of nitrogens with one attached hydrogen (secondary N) is 1. The summed E-state index contributed by atoms with van der Waals surface area (Å²) in [6.45, 7) is 2.20. The molecule has 3 heterocycles. The zero-order valence-electron chi connectivity index (χ0n) is 16.5. The maximum atomic E-state index is 12.7. The Kier molecular flexibility index (Phi) is 5.74. The Balaban J connectivity index is 1.45. The molecule has 2 aliphatic heterocycles. The van der Waals surface area contributed by atoms with Crippen LogP contribution in [0.2, 0.25) is 0 Å². The number of carbonyl (C=O) groups is 2. The van der Waals surface area contributed by atoms with Gasteiger partial charge < -0.3 is 0 Å². The van der Waals surface area contributed by atoms with Crippen LogP contribution in [0.5, 0.6) is 0 Å². The Labute approximate surface area is 174 Å². The third kappa shape index (κ3) is 4.53. The van der Waals surface area contributed by atoms with Crippen LogP contribution in [0.25, 0.3) is 0 Å². The summed E-state index contributed by atoms with van der Waals surface area (Å²) in [5, 5.41) is 8.85. The summed E-state index contributed by atoms with van der Waals surface area (Å²) < 4.78 is 23.5. The molecule has 1 saturated heterocycles. The molecular formula is C19H26N4O4S2. The molecule has 8 nitrogen and oxygen atoms in total. The van der Waals surface area contributed by atoms with E-state index in [-0.39, 0.29) is 41.9 Å². The minimum atomic E-state index is -3.14. The van der Waals surface area contributed by atoms with E-state index in [2.05, 4.69) is 22.3 Å². The van der Waals surface area contributed by atoms with Gasteiger partial charge in [-0.15, -0.1) is 11.3 Å². The largest absolute Gasteiger partial charge is 0.297 e. The van der Waals surface area contributed by atoms with Crippen LogP contribution in [-0.4, -0.2) is 53.5 Å². The minimum Gasteiger partial charge on any atom is -0.297 e. The molecule has 10 heteroatoms. The van der Waals surface area contributed by atoms with E-state index < -0.39 is 15.9 Å². The molecule has 0 aromatic carbocycles. The normalized spacial score (nSPS) is 26.2. The first-order valence-electron chi connectivity index (χ1n) is 10.2. The van der Waals surface area contributed by atoms with Gasteiger partial charge in [-0.25, -0.2) is 18.4 Å². The summed E-state index contributed by atoms with van der Waals surface area (Å²) in [5.74, 6) is 0.0774. The predicted molar refractivity (Wildman–Crippen MR) is 112 cm³/mol. The molecule has 1 N–H and O–H groups in total. The second-order valence-corrected chi connectivity index (χ2v) is 11.4. The van der Waals surface area contributed by atoms with Crippen molar-refractivity contribution in [1.29, 1.82) is 0 Å². The van der Waals surface area contributed by atoms with Crippen molar-refractivity contribution in [2.75, 3.05) is 16.8 Å². The van der Waals surface area contributed by atoms with Crippen LogP contribution in [0, 0.1) is 5.92 Å². The van der Waals surface area contributed by atoms with E-state index in [4.69, 9.17) is 0 Å². The first kappa shape index (κ1) is 20.5. The van der Waals surface area contributed by atoms with Gasteiger partial charge in [0.25, 0.3) is 5.91 Å². The van der Waals surface area contributed by atoms with E-state index >= 15 is 0 Å². The Morgan fingerprint density at radius 3 is 2.83 bits per heavy atom. The molecule has 1 aromatic heterocycles. The van der Waals surface area contributed by atoms with Crippen LogP contribution < -0.4 is 5.32 Å². The molecule has 2 atom stereocenters. The molecule has 1 aromatic rings. The Bertz CT molecular complexity index is 953. The van der Waals surface area contributed by atoms with Gasteiger partial charge in [-0.2, -0.15) is 5.10 Å². The van der Waals surface area contributed by atoms with Gasteiger partial charge in [0.05, 0.1) is 23.2 Å². The fraction of sp³-hybridized carbons (Fsp3) is 0.684. The van der Waals surface area contributed by atoms with E-state index in [0.29, 0.717) is 17.5 Å². The standard InChI is InChI=1S/C19H26N4O4S2/c1-2-3-12-4-5-14-16(10-12)28-19(20-14)21-18(25)15-6-7-17(24)23(22-15)13-8-9-29(26,27)11-13/h12-13H,2-11H2,1H3,(H,20,21,25). The molecular weight excluding hydrogens is 412 g/mol. The van der Waals surface area contributed by atoms with Crippen molar-refractivity contribution in [2.45, 2.75) is 64.3 Å². The molecule has 1 fully saturated rings. The second-order valence-electron chi connectivity index (χ2n) is 8.08. The number of nitrogens with zero attached hydrogens (tertiary/aromatic N) is 3.